The van der Waals surface area contributed by atoms with Crippen LogP contribution in [0.2, 0.25) is 0 Å². The second-order valence-electron chi connectivity index (χ2n) is 4.56. The van der Waals surface area contributed by atoms with Gasteiger partial charge < -0.3 is 10.4 Å². The van der Waals surface area contributed by atoms with Crippen LogP contribution in [-0.2, 0) is 7.05 Å². The number of aryl methyl sites for hydroxylation is 1. The van der Waals surface area contributed by atoms with Crippen molar-refractivity contribution in [2.45, 2.75) is 39.2 Å². The van der Waals surface area contributed by atoms with Crippen LogP contribution < -0.4 is 5.32 Å². The number of nitrogens with zero attached hydrogens (tertiary/aromatic N) is 3. The Hall–Kier alpha value is -1.63. The van der Waals surface area contributed by atoms with Crippen LogP contribution in [0.1, 0.15) is 38.8 Å². The van der Waals surface area contributed by atoms with E-state index in [1.54, 1.807) is 7.05 Å². The predicted molar refractivity (Wildman–Crippen MR) is 68.7 cm³/mol. The minimum absolute atomic E-state index is 0.00389. The average molecular weight is 256 g/mol. The molecule has 18 heavy (non-hydrogen) atoms. The van der Waals surface area contributed by atoms with Crippen molar-refractivity contribution in [1.82, 2.24) is 9.78 Å². The molecular weight excluding hydrogens is 236 g/mol. The Labute approximate surface area is 106 Å². The molecule has 1 aromatic heterocycles. The van der Waals surface area contributed by atoms with Crippen molar-refractivity contribution in [1.29, 1.82) is 0 Å². The van der Waals surface area contributed by atoms with E-state index in [2.05, 4.69) is 10.4 Å². The predicted octanol–water partition coefficient (Wildman–Crippen LogP) is 1.63. The average Bonchev–Trinajstić information content (AvgIpc) is 2.63. The third-order valence-corrected chi connectivity index (χ3v) is 2.75. The zero-order valence-electron chi connectivity index (χ0n) is 11.2. The van der Waals surface area contributed by atoms with Crippen molar-refractivity contribution >= 4 is 11.5 Å². The Morgan fingerprint density at radius 2 is 2.17 bits per heavy atom. The van der Waals surface area contributed by atoms with E-state index in [-0.39, 0.29) is 18.2 Å². The third-order valence-electron chi connectivity index (χ3n) is 2.75. The minimum Gasteiger partial charge on any atom is -0.391 e. The van der Waals surface area contributed by atoms with E-state index in [1.807, 2.05) is 20.8 Å². The van der Waals surface area contributed by atoms with Gasteiger partial charge in [0.25, 0.3) is 0 Å². The van der Waals surface area contributed by atoms with Gasteiger partial charge in [0.1, 0.15) is 5.69 Å². The zero-order chi connectivity index (χ0) is 13.9. The van der Waals surface area contributed by atoms with Crippen molar-refractivity contribution in [3.8, 4) is 0 Å². The first-order valence-electron chi connectivity index (χ1n) is 6.01. The van der Waals surface area contributed by atoms with Gasteiger partial charge in [-0.25, -0.2) is 4.68 Å². The molecule has 7 heteroatoms. The fourth-order valence-electron chi connectivity index (χ4n) is 1.66. The largest absolute Gasteiger partial charge is 0.391 e. The molecule has 1 rings (SSSR count). The fraction of sp³-hybridized carbons (Fsp3) is 0.727. The standard InChI is InChI=1S/C11H20N4O3/c1-5-8(16)6-12-11-10(15(17)18)9(7(2)3)13-14(11)4/h7-8,12,16H,5-6H2,1-4H3. The van der Waals surface area contributed by atoms with Crippen molar-refractivity contribution in [2.24, 2.45) is 7.05 Å². The molecule has 1 unspecified atom stereocenters. The quantitative estimate of drug-likeness (QED) is 0.596. The third kappa shape index (κ3) is 2.98. The molecule has 0 bridgehead atoms. The van der Waals surface area contributed by atoms with Crippen LogP contribution in [0.25, 0.3) is 0 Å². The Bertz CT molecular complexity index is 428. The summed E-state index contributed by atoms with van der Waals surface area (Å²) in [5.74, 6) is 0.319. The Balaban J connectivity index is 3.06. The summed E-state index contributed by atoms with van der Waals surface area (Å²) < 4.78 is 1.45. The van der Waals surface area contributed by atoms with Gasteiger partial charge in [-0.1, -0.05) is 20.8 Å². The van der Waals surface area contributed by atoms with Crippen molar-refractivity contribution in [3.63, 3.8) is 0 Å². The first-order chi connectivity index (χ1) is 8.38. The molecule has 0 aliphatic carbocycles. The van der Waals surface area contributed by atoms with E-state index in [9.17, 15) is 15.2 Å². The summed E-state index contributed by atoms with van der Waals surface area (Å²) in [6.45, 7) is 5.85. The lowest BCUT2D eigenvalue weighted by Gasteiger charge is -2.10. The molecule has 0 aliphatic heterocycles. The van der Waals surface area contributed by atoms with Crippen LogP contribution in [0, 0.1) is 10.1 Å². The van der Waals surface area contributed by atoms with Gasteiger partial charge in [-0.2, -0.15) is 5.10 Å². The highest BCUT2D eigenvalue weighted by molar-refractivity contribution is 5.60. The number of nitro groups is 1. The number of nitrogens with one attached hydrogen (secondary N) is 1. The highest BCUT2D eigenvalue weighted by Gasteiger charge is 2.28. The van der Waals surface area contributed by atoms with Crippen molar-refractivity contribution in [3.05, 3.63) is 15.8 Å². The second kappa shape index (κ2) is 5.81. The molecule has 0 fully saturated rings. The van der Waals surface area contributed by atoms with Crippen molar-refractivity contribution in [2.75, 3.05) is 11.9 Å². The summed E-state index contributed by atoms with van der Waals surface area (Å²) in [5.41, 5.74) is 0.451. The molecule has 102 valence electrons. The van der Waals surface area contributed by atoms with E-state index in [4.69, 9.17) is 0 Å². The van der Waals surface area contributed by atoms with Gasteiger partial charge in [0.2, 0.25) is 5.82 Å². The summed E-state index contributed by atoms with van der Waals surface area (Å²) in [6.07, 6.45) is 0.0670. The van der Waals surface area contributed by atoms with Crippen LogP contribution in [0.4, 0.5) is 11.5 Å². The first kappa shape index (κ1) is 14.4. The molecule has 1 atom stereocenters. The van der Waals surface area contributed by atoms with Gasteiger partial charge in [-0.15, -0.1) is 0 Å². The summed E-state index contributed by atoms with van der Waals surface area (Å²) in [7, 11) is 1.65. The number of anilines is 1. The fourth-order valence-corrected chi connectivity index (χ4v) is 1.66. The summed E-state index contributed by atoms with van der Waals surface area (Å²) in [5, 5.41) is 27.7. The maximum Gasteiger partial charge on any atom is 0.334 e. The SMILES string of the molecule is CCC(O)CNc1c([N+](=O)[O-])c(C(C)C)nn1C. The minimum atomic E-state index is -0.526. The van der Waals surface area contributed by atoms with E-state index in [0.29, 0.717) is 17.9 Å². The Kier molecular flexibility index (Phi) is 4.66. The van der Waals surface area contributed by atoms with Gasteiger partial charge in [0.15, 0.2) is 0 Å². The van der Waals surface area contributed by atoms with Gasteiger partial charge in [-0.05, 0) is 6.42 Å². The number of aliphatic hydroxyl groups excluding tert-OH is 1. The summed E-state index contributed by atoms with van der Waals surface area (Å²) >= 11 is 0. The lowest BCUT2D eigenvalue weighted by Crippen LogP contribution is -2.20. The smallest absolute Gasteiger partial charge is 0.334 e. The molecule has 0 saturated carbocycles. The zero-order valence-corrected chi connectivity index (χ0v) is 11.2. The second-order valence-corrected chi connectivity index (χ2v) is 4.56. The maximum atomic E-state index is 11.1. The molecule has 0 saturated heterocycles. The van der Waals surface area contributed by atoms with Gasteiger partial charge in [-0.3, -0.25) is 10.1 Å². The molecule has 0 aromatic carbocycles. The lowest BCUT2D eigenvalue weighted by atomic mass is 10.1. The molecule has 2 N–H and O–H groups in total. The molecular formula is C11H20N4O3. The van der Waals surface area contributed by atoms with Crippen molar-refractivity contribution < 1.29 is 10.0 Å². The molecule has 0 aliphatic rings. The molecule has 1 heterocycles. The summed E-state index contributed by atoms with van der Waals surface area (Å²) in [4.78, 5) is 10.7. The van der Waals surface area contributed by atoms with Crippen LogP contribution in [0.15, 0.2) is 0 Å². The number of hydrogen-bond acceptors (Lipinski definition) is 5. The van der Waals surface area contributed by atoms with E-state index in [1.165, 1.54) is 4.68 Å². The highest BCUT2D eigenvalue weighted by Crippen LogP contribution is 2.32. The number of aromatic nitrogens is 2. The van der Waals surface area contributed by atoms with Gasteiger partial charge in [0, 0.05) is 19.5 Å². The maximum absolute atomic E-state index is 11.1. The molecule has 7 nitrogen and oxygen atoms in total. The molecule has 0 radical (unpaired) electrons. The summed E-state index contributed by atoms with van der Waals surface area (Å²) in [6, 6.07) is 0. The van der Waals surface area contributed by atoms with Crippen LogP contribution in [-0.4, -0.2) is 32.5 Å². The Morgan fingerprint density at radius 3 is 2.61 bits per heavy atom. The number of rotatable bonds is 6. The van der Waals surface area contributed by atoms with Crippen LogP contribution in [0.3, 0.4) is 0 Å². The topological polar surface area (TPSA) is 93.2 Å². The monoisotopic (exact) mass is 256 g/mol. The molecule has 0 spiro atoms. The van der Waals surface area contributed by atoms with E-state index < -0.39 is 11.0 Å². The molecule has 1 aromatic rings. The Morgan fingerprint density at radius 1 is 1.56 bits per heavy atom. The normalized spacial score (nSPS) is 12.8. The van der Waals surface area contributed by atoms with E-state index >= 15 is 0 Å². The lowest BCUT2D eigenvalue weighted by molar-refractivity contribution is -0.384. The first-order valence-corrected chi connectivity index (χ1v) is 6.01. The van der Waals surface area contributed by atoms with Crippen LogP contribution in [0.5, 0.6) is 0 Å². The van der Waals surface area contributed by atoms with Crippen LogP contribution >= 0.6 is 0 Å². The molecule has 0 amide bonds. The number of hydrogen-bond donors (Lipinski definition) is 2. The van der Waals surface area contributed by atoms with Gasteiger partial charge >= 0.3 is 5.69 Å². The van der Waals surface area contributed by atoms with E-state index in [0.717, 1.165) is 0 Å². The number of aliphatic hydroxyl groups is 1. The highest BCUT2D eigenvalue weighted by atomic mass is 16.6. The van der Waals surface area contributed by atoms with Gasteiger partial charge in [0.05, 0.1) is 11.0 Å².